The molecule has 150 valence electrons. The molecule has 3 atom stereocenters. The minimum atomic E-state index is -0.193. The molecular formula is C22H19N5O2S. The average molecular weight is 417 g/mol. The van der Waals surface area contributed by atoms with Crippen LogP contribution in [0, 0.1) is 17.4 Å². The first-order valence-corrected chi connectivity index (χ1v) is 10.6. The molecule has 2 fully saturated rings. The van der Waals surface area contributed by atoms with Gasteiger partial charge in [-0.2, -0.15) is 5.26 Å². The van der Waals surface area contributed by atoms with Crippen LogP contribution in [-0.4, -0.2) is 39.4 Å². The highest BCUT2D eigenvalue weighted by Crippen LogP contribution is 2.38. The molecule has 2 bridgehead atoms. The lowest BCUT2D eigenvalue weighted by atomic mass is 10.1. The molecule has 8 heteroatoms. The summed E-state index contributed by atoms with van der Waals surface area (Å²) in [7, 11) is 0. The predicted octanol–water partition coefficient (Wildman–Crippen LogP) is 3.67. The molecule has 1 aliphatic carbocycles. The van der Waals surface area contributed by atoms with E-state index in [0.717, 1.165) is 29.8 Å². The van der Waals surface area contributed by atoms with E-state index in [4.69, 9.17) is 4.74 Å². The summed E-state index contributed by atoms with van der Waals surface area (Å²) in [4.78, 5) is 23.9. The number of carbonyl (C=O) groups is 1. The Morgan fingerprint density at radius 3 is 2.90 bits per heavy atom. The van der Waals surface area contributed by atoms with Crippen molar-refractivity contribution >= 4 is 17.2 Å². The van der Waals surface area contributed by atoms with Crippen LogP contribution in [0.1, 0.15) is 22.6 Å². The van der Waals surface area contributed by atoms with Gasteiger partial charge in [0.2, 0.25) is 0 Å². The van der Waals surface area contributed by atoms with Gasteiger partial charge >= 0.3 is 0 Å². The normalized spacial score (nSPS) is 22.0. The van der Waals surface area contributed by atoms with Crippen molar-refractivity contribution in [1.29, 1.82) is 5.26 Å². The van der Waals surface area contributed by atoms with Gasteiger partial charge in [0, 0.05) is 24.5 Å². The molecule has 5 rings (SSSR count). The quantitative estimate of drug-likeness (QED) is 0.637. The molecule has 0 spiro atoms. The van der Waals surface area contributed by atoms with Gasteiger partial charge < -0.3 is 15.0 Å². The van der Waals surface area contributed by atoms with E-state index in [9.17, 15) is 10.1 Å². The number of likely N-dealkylation sites (tertiary alicyclic amines) is 1. The zero-order valence-corrected chi connectivity index (χ0v) is 16.9. The summed E-state index contributed by atoms with van der Waals surface area (Å²) in [6.45, 7) is 0.807. The summed E-state index contributed by atoms with van der Waals surface area (Å²) >= 11 is 1.32. The van der Waals surface area contributed by atoms with E-state index in [2.05, 4.69) is 21.5 Å². The second-order valence-corrected chi connectivity index (χ2v) is 8.58. The first-order valence-electron chi connectivity index (χ1n) is 9.81. The van der Waals surface area contributed by atoms with E-state index in [-0.39, 0.29) is 18.0 Å². The molecule has 7 nitrogen and oxygen atoms in total. The Labute approximate surface area is 178 Å². The number of piperidine rings is 1. The predicted molar refractivity (Wildman–Crippen MR) is 112 cm³/mol. The number of para-hydroxylation sites is 1. The molecule has 0 radical (unpaired) electrons. The van der Waals surface area contributed by atoms with Crippen LogP contribution < -0.4 is 10.1 Å². The number of rotatable bonds is 5. The summed E-state index contributed by atoms with van der Waals surface area (Å²) in [5.41, 5.74) is 0.834. The number of nitriles is 1. The zero-order valence-electron chi connectivity index (χ0n) is 16.1. The molecule has 1 N–H and O–H groups in total. The minimum Gasteiger partial charge on any atom is -0.455 e. The molecule has 3 heterocycles. The Balaban J connectivity index is 1.33. The highest BCUT2D eigenvalue weighted by Gasteiger charge is 2.45. The summed E-state index contributed by atoms with van der Waals surface area (Å²) in [5, 5.41) is 12.7. The molecular weight excluding hydrogens is 398 g/mol. The van der Waals surface area contributed by atoms with Crippen LogP contribution in [0.2, 0.25) is 0 Å². The van der Waals surface area contributed by atoms with Crippen LogP contribution in [0.4, 0.5) is 0 Å². The van der Waals surface area contributed by atoms with Crippen LogP contribution in [0.5, 0.6) is 11.5 Å². The van der Waals surface area contributed by atoms with E-state index in [1.165, 1.54) is 11.3 Å². The molecule has 2 aromatic heterocycles. The van der Waals surface area contributed by atoms with Gasteiger partial charge in [-0.25, -0.2) is 4.98 Å². The fraction of sp³-hybridized carbons (Fsp3) is 0.273. The van der Waals surface area contributed by atoms with E-state index in [0.29, 0.717) is 22.4 Å². The van der Waals surface area contributed by atoms with Crippen LogP contribution in [0.3, 0.4) is 0 Å². The van der Waals surface area contributed by atoms with Crippen molar-refractivity contribution in [3.05, 3.63) is 60.0 Å². The Bertz CT molecular complexity index is 1110. The lowest BCUT2D eigenvalue weighted by molar-refractivity contribution is 0.0912. The van der Waals surface area contributed by atoms with Crippen molar-refractivity contribution in [3.8, 4) is 28.1 Å². The van der Waals surface area contributed by atoms with Gasteiger partial charge in [0.1, 0.15) is 5.75 Å². The highest BCUT2D eigenvalue weighted by molar-refractivity contribution is 7.17. The molecule has 30 heavy (non-hydrogen) atoms. The standard InChI is InChI=1S/C22H19N5O2S/c23-13-27-12-14-8-17(18(27)9-14)26-21(28)22-25-11-20(30-22)16-6-7-24-10-19(16)29-15-4-2-1-3-5-15/h1-7,10-11,14,17-18H,8-9,12H2,(H,26,28). The SMILES string of the molecule is N#CN1CC2CC(NC(=O)c3ncc(-c4ccncc4Oc4ccccc4)s3)C1C2. The third-order valence-electron chi connectivity index (χ3n) is 5.65. The van der Waals surface area contributed by atoms with E-state index >= 15 is 0 Å². The summed E-state index contributed by atoms with van der Waals surface area (Å²) in [6, 6.07) is 11.5. The van der Waals surface area contributed by atoms with Crippen LogP contribution in [0.15, 0.2) is 55.0 Å². The highest BCUT2D eigenvalue weighted by atomic mass is 32.1. The van der Waals surface area contributed by atoms with Crippen molar-refractivity contribution < 1.29 is 9.53 Å². The van der Waals surface area contributed by atoms with Crippen LogP contribution in [0.25, 0.3) is 10.4 Å². The Morgan fingerprint density at radius 1 is 1.23 bits per heavy atom. The number of pyridine rings is 1. The number of benzene rings is 1. The van der Waals surface area contributed by atoms with Crippen LogP contribution >= 0.6 is 11.3 Å². The fourth-order valence-corrected chi connectivity index (χ4v) is 5.16. The maximum atomic E-state index is 12.8. The second-order valence-electron chi connectivity index (χ2n) is 7.55. The van der Waals surface area contributed by atoms with Gasteiger partial charge in [-0.15, -0.1) is 11.3 Å². The number of nitrogens with zero attached hydrogens (tertiary/aromatic N) is 4. The number of amides is 1. The Hall–Kier alpha value is -3.44. The number of thiazole rings is 1. The lowest BCUT2D eigenvalue weighted by Gasteiger charge is -2.29. The number of hydrogen-bond donors (Lipinski definition) is 1. The molecule has 1 aromatic carbocycles. The van der Waals surface area contributed by atoms with E-state index < -0.39 is 0 Å². The monoisotopic (exact) mass is 417 g/mol. The summed E-state index contributed by atoms with van der Waals surface area (Å²) in [6.07, 6.45) is 9.18. The number of ether oxygens (including phenoxy) is 1. The van der Waals surface area contributed by atoms with Crippen molar-refractivity contribution in [1.82, 2.24) is 20.2 Å². The smallest absolute Gasteiger partial charge is 0.280 e. The Kier molecular flexibility index (Phi) is 4.81. The topological polar surface area (TPSA) is 91.1 Å². The second kappa shape index (κ2) is 7.76. The van der Waals surface area contributed by atoms with Gasteiger partial charge in [0.15, 0.2) is 17.0 Å². The molecule has 3 unspecified atom stereocenters. The number of aromatic nitrogens is 2. The molecule has 2 aliphatic rings. The first-order chi connectivity index (χ1) is 14.7. The zero-order chi connectivity index (χ0) is 20.5. The summed E-state index contributed by atoms with van der Waals surface area (Å²) < 4.78 is 5.98. The van der Waals surface area contributed by atoms with Crippen molar-refractivity contribution in [2.45, 2.75) is 24.9 Å². The van der Waals surface area contributed by atoms with Gasteiger partial charge in [-0.05, 0) is 37.0 Å². The number of hydrogen-bond acceptors (Lipinski definition) is 7. The van der Waals surface area contributed by atoms with Crippen LogP contribution in [-0.2, 0) is 0 Å². The third kappa shape index (κ3) is 3.48. The van der Waals surface area contributed by atoms with E-state index in [1.54, 1.807) is 23.5 Å². The third-order valence-corrected chi connectivity index (χ3v) is 6.68. The van der Waals surface area contributed by atoms with Crippen molar-refractivity contribution in [2.75, 3.05) is 6.54 Å². The minimum absolute atomic E-state index is 0.00107. The maximum absolute atomic E-state index is 12.8. The first kappa shape index (κ1) is 18.6. The number of nitrogens with one attached hydrogen (secondary N) is 1. The molecule has 1 amide bonds. The Morgan fingerprint density at radius 2 is 2.10 bits per heavy atom. The lowest BCUT2D eigenvalue weighted by Crippen LogP contribution is -2.48. The van der Waals surface area contributed by atoms with Crippen molar-refractivity contribution in [2.24, 2.45) is 5.92 Å². The molecule has 1 saturated heterocycles. The molecule has 3 aromatic rings. The van der Waals surface area contributed by atoms with Crippen molar-refractivity contribution in [3.63, 3.8) is 0 Å². The van der Waals surface area contributed by atoms with E-state index in [1.807, 2.05) is 36.4 Å². The molecule has 1 aliphatic heterocycles. The number of fused-ring (bicyclic) bond motifs is 2. The van der Waals surface area contributed by atoms with Gasteiger partial charge in [-0.3, -0.25) is 9.78 Å². The van der Waals surface area contributed by atoms with Gasteiger partial charge in [0.25, 0.3) is 5.91 Å². The number of carbonyl (C=O) groups excluding carboxylic acids is 1. The maximum Gasteiger partial charge on any atom is 0.280 e. The molecule has 1 saturated carbocycles. The van der Waals surface area contributed by atoms with Gasteiger partial charge in [0.05, 0.1) is 23.2 Å². The van der Waals surface area contributed by atoms with Gasteiger partial charge in [-0.1, -0.05) is 18.2 Å². The average Bonchev–Trinajstić information content (AvgIpc) is 3.50. The largest absolute Gasteiger partial charge is 0.455 e. The fourth-order valence-electron chi connectivity index (χ4n) is 4.31. The summed E-state index contributed by atoms with van der Waals surface area (Å²) in [5.74, 6) is 1.62.